The zero-order chi connectivity index (χ0) is 20.5. The van der Waals surface area contributed by atoms with Gasteiger partial charge in [0.05, 0.1) is 25.2 Å². The number of nitrogens with zero attached hydrogens (tertiary/aromatic N) is 1. The molecule has 2 atom stereocenters. The van der Waals surface area contributed by atoms with Crippen LogP contribution < -0.4 is 9.47 Å². The Morgan fingerprint density at radius 1 is 1.11 bits per heavy atom. The lowest BCUT2D eigenvalue weighted by Gasteiger charge is -2.32. The minimum Gasteiger partial charge on any atom is -0.493 e. The number of aryl methyl sites for hydroxylation is 1. The maximum atomic E-state index is 13.1. The number of rotatable bonds is 6. The molecule has 1 fully saturated rings. The first-order chi connectivity index (χ1) is 13.3. The summed E-state index contributed by atoms with van der Waals surface area (Å²) in [5, 5.41) is 10.9. The molecule has 1 heterocycles. The molecule has 1 aliphatic rings. The lowest BCUT2D eigenvalue weighted by Crippen LogP contribution is -2.38. The van der Waals surface area contributed by atoms with Crippen molar-refractivity contribution < 1.29 is 23.0 Å². The summed E-state index contributed by atoms with van der Waals surface area (Å²) in [5.41, 5.74) is 1.12. The summed E-state index contributed by atoms with van der Waals surface area (Å²) in [6.45, 7) is 4.13. The molecule has 0 unspecified atom stereocenters. The first-order valence-electron chi connectivity index (χ1n) is 9.26. The second-order valence-electron chi connectivity index (χ2n) is 7.21. The summed E-state index contributed by atoms with van der Waals surface area (Å²) in [6, 6.07) is 12.3. The van der Waals surface area contributed by atoms with Crippen LogP contribution in [0.2, 0.25) is 0 Å². The Hall–Kier alpha value is -2.09. The lowest BCUT2D eigenvalue weighted by molar-refractivity contribution is 0.118. The largest absolute Gasteiger partial charge is 0.493 e. The molecule has 0 spiro atoms. The van der Waals surface area contributed by atoms with Gasteiger partial charge in [-0.3, -0.25) is 0 Å². The van der Waals surface area contributed by atoms with E-state index in [1.54, 1.807) is 44.6 Å². The number of ether oxygens (including phenoxy) is 2. The normalized spacial score (nSPS) is 23.0. The summed E-state index contributed by atoms with van der Waals surface area (Å²) in [4.78, 5) is 0.240. The van der Waals surface area contributed by atoms with Crippen LogP contribution in [0.1, 0.15) is 24.5 Å². The molecule has 1 aliphatic heterocycles. The number of methoxy groups -OCH3 is 2. The van der Waals surface area contributed by atoms with Crippen LogP contribution in [0.3, 0.4) is 0 Å². The van der Waals surface area contributed by atoms with Gasteiger partial charge < -0.3 is 14.6 Å². The molecule has 1 saturated heterocycles. The van der Waals surface area contributed by atoms with Crippen LogP contribution in [0.4, 0.5) is 0 Å². The minimum atomic E-state index is -3.69. The second kappa shape index (κ2) is 7.73. The van der Waals surface area contributed by atoms with Gasteiger partial charge in [0.2, 0.25) is 10.0 Å². The van der Waals surface area contributed by atoms with Crippen LogP contribution >= 0.6 is 0 Å². The van der Waals surface area contributed by atoms with E-state index in [9.17, 15) is 13.5 Å². The van der Waals surface area contributed by atoms with Crippen molar-refractivity contribution in [2.45, 2.75) is 36.7 Å². The van der Waals surface area contributed by atoms with Gasteiger partial charge in [-0.15, -0.1) is 0 Å². The van der Waals surface area contributed by atoms with E-state index in [4.69, 9.17) is 9.47 Å². The molecular weight excluding hydrogens is 378 g/mol. The van der Waals surface area contributed by atoms with E-state index in [1.807, 2.05) is 26.0 Å². The standard InChI is InChI=1S/C21H27NO5S/c1-5-21(16-8-11-18(26-3)19(12-16)27-4)14-22(13-20(21)23)28(24,25)17-9-6-15(2)7-10-17/h6-12,20,23H,5,13-14H2,1-4H3/t20-,21+/m0/s1. The van der Waals surface area contributed by atoms with Crippen LogP contribution in [0.25, 0.3) is 0 Å². The molecule has 0 aliphatic carbocycles. The van der Waals surface area contributed by atoms with Crippen LogP contribution in [-0.2, 0) is 15.4 Å². The van der Waals surface area contributed by atoms with Crippen molar-refractivity contribution in [3.63, 3.8) is 0 Å². The lowest BCUT2D eigenvalue weighted by atomic mass is 9.75. The molecule has 28 heavy (non-hydrogen) atoms. The van der Waals surface area contributed by atoms with Crippen LogP contribution in [0, 0.1) is 6.92 Å². The van der Waals surface area contributed by atoms with E-state index in [0.29, 0.717) is 17.9 Å². The van der Waals surface area contributed by atoms with Gasteiger partial charge in [-0.25, -0.2) is 8.42 Å². The number of aliphatic hydroxyl groups is 1. The van der Waals surface area contributed by atoms with Crippen molar-refractivity contribution in [3.8, 4) is 11.5 Å². The van der Waals surface area contributed by atoms with Crippen molar-refractivity contribution >= 4 is 10.0 Å². The van der Waals surface area contributed by atoms with Gasteiger partial charge in [0.15, 0.2) is 11.5 Å². The van der Waals surface area contributed by atoms with Crippen LogP contribution in [-0.4, -0.2) is 51.2 Å². The van der Waals surface area contributed by atoms with E-state index in [2.05, 4.69) is 0 Å². The summed E-state index contributed by atoms with van der Waals surface area (Å²) >= 11 is 0. The summed E-state index contributed by atoms with van der Waals surface area (Å²) in [6.07, 6.45) is -0.236. The first-order valence-corrected chi connectivity index (χ1v) is 10.7. The Morgan fingerprint density at radius 2 is 1.75 bits per heavy atom. The number of sulfonamides is 1. The van der Waals surface area contributed by atoms with Gasteiger partial charge in [0, 0.05) is 18.5 Å². The van der Waals surface area contributed by atoms with Gasteiger partial charge in [-0.1, -0.05) is 30.7 Å². The zero-order valence-electron chi connectivity index (χ0n) is 16.7. The Bertz CT molecular complexity index is 942. The monoisotopic (exact) mass is 405 g/mol. The highest BCUT2D eigenvalue weighted by molar-refractivity contribution is 7.89. The van der Waals surface area contributed by atoms with E-state index in [1.165, 1.54) is 4.31 Å². The predicted octanol–water partition coefficient (Wildman–Crippen LogP) is 2.73. The van der Waals surface area contributed by atoms with E-state index < -0.39 is 21.5 Å². The van der Waals surface area contributed by atoms with Gasteiger partial charge in [-0.2, -0.15) is 4.31 Å². The van der Waals surface area contributed by atoms with Crippen molar-refractivity contribution in [1.29, 1.82) is 0 Å². The highest BCUT2D eigenvalue weighted by atomic mass is 32.2. The van der Waals surface area contributed by atoms with E-state index in [0.717, 1.165) is 11.1 Å². The Kier molecular flexibility index (Phi) is 5.70. The molecule has 0 saturated carbocycles. The molecule has 0 amide bonds. The van der Waals surface area contributed by atoms with E-state index in [-0.39, 0.29) is 18.0 Å². The molecule has 3 rings (SSSR count). The topological polar surface area (TPSA) is 76.1 Å². The first kappa shape index (κ1) is 20.6. The Labute approximate surface area is 166 Å². The van der Waals surface area contributed by atoms with Crippen LogP contribution in [0.5, 0.6) is 11.5 Å². The number of aliphatic hydroxyl groups excluding tert-OH is 1. The van der Waals surface area contributed by atoms with Gasteiger partial charge >= 0.3 is 0 Å². The highest BCUT2D eigenvalue weighted by Crippen LogP contribution is 2.42. The predicted molar refractivity (Wildman–Crippen MR) is 107 cm³/mol. The fourth-order valence-electron chi connectivity index (χ4n) is 3.88. The maximum absolute atomic E-state index is 13.1. The highest BCUT2D eigenvalue weighted by Gasteiger charge is 2.49. The maximum Gasteiger partial charge on any atom is 0.243 e. The molecule has 0 aromatic heterocycles. The third-order valence-corrected chi connectivity index (χ3v) is 7.55. The smallest absolute Gasteiger partial charge is 0.243 e. The Morgan fingerprint density at radius 3 is 2.32 bits per heavy atom. The van der Waals surface area contributed by atoms with E-state index >= 15 is 0 Å². The fraction of sp³-hybridized carbons (Fsp3) is 0.429. The quantitative estimate of drug-likeness (QED) is 0.800. The average Bonchev–Trinajstić information content (AvgIpc) is 3.06. The summed E-state index contributed by atoms with van der Waals surface area (Å²) in [7, 11) is -0.571. The van der Waals surface area contributed by atoms with Crippen LogP contribution in [0.15, 0.2) is 47.4 Å². The molecule has 0 radical (unpaired) electrons. The van der Waals surface area contributed by atoms with Gasteiger partial charge in [-0.05, 0) is 43.2 Å². The molecule has 0 bridgehead atoms. The molecule has 1 N–H and O–H groups in total. The summed E-state index contributed by atoms with van der Waals surface area (Å²) < 4.78 is 38.3. The average molecular weight is 406 g/mol. The van der Waals surface area contributed by atoms with Gasteiger partial charge in [0.25, 0.3) is 0 Å². The molecule has 2 aromatic carbocycles. The third-order valence-electron chi connectivity index (χ3n) is 5.72. The third kappa shape index (κ3) is 3.38. The number of β-amino-alcohol motifs (C(OH)–C–C–N with tert-alkyl or cyclic N) is 1. The molecule has 152 valence electrons. The minimum absolute atomic E-state index is 0.0540. The number of benzene rings is 2. The Balaban J connectivity index is 1.99. The molecular formula is C21H27NO5S. The second-order valence-corrected chi connectivity index (χ2v) is 9.14. The molecule has 7 heteroatoms. The van der Waals surface area contributed by atoms with Gasteiger partial charge in [0.1, 0.15) is 0 Å². The molecule has 2 aromatic rings. The van der Waals surface area contributed by atoms with Crippen molar-refractivity contribution in [2.75, 3.05) is 27.3 Å². The van der Waals surface area contributed by atoms with Crippen molar-refractivity contribution in [1.82, 2.24) is 4.31 Å². The number of hydrogen-bond donors (Lipinski definition) is 1. The summed E-state index contributed by atoms with van der Waals surface area (Å²) in [5.74, 6) is 1.15. The molecule has 6 nitrogen and oxygen atoms in total. The zero-order valence-corrected chi connectivity index (χ0v) is 17.5. The van der Waals surface area contributed by atoms with Crippen molar-refractivity contribution in [2.24, 2.45) is 0 Å². The number of hydrogen-bond acceptors (Lipinski definition) is 5. The SMILES string of the molecule is CC[C@]1(c2ccc(OC)c(OC)c2)CN(S(=O)(=O)c2ccc(C)cc2)C[C@@H]1O. The fourth-order valence-corrected chi connectivity index (χ4v) is 5.39. The van der Waals surface area contributed by atoms with Crippen molar-refractivity contribution in [3.05, 3.63) is 53.6 Å².